The summed E-state index contributed by atoms with van der Waals surface area (Å²) in [5, 5.41) is 11.3. The fraction of sp³-hybridized carbons (Fsp3) is 1.00. The Morgan fingerprint density at radius 2 is 1.75 bits per heavy atom. The lowest BCUT2D eigenvalue weighted by atomic mass is 9.45. The second kappa shape index (κ2) is 7.97. The van der Waals surface area contributed by atoms with Crippen LogP contribution < -0.4 is 0 Å². The third-order valence-corrected chi connectivity index (χ3v) is 13.2. The van der Waals surface area contributed by atoms with E-state index in [1.165, 1.54) is 57.8 Å². The zero-order valence-corrected chi connectivity index (χ0v) is 22.2. The summed E-state index contributed by atoms with van der Waals surface area (Å²) in [6.45, 7) is 14.7. The molecular formula is C30H52O2. The van der Waals surface area contributed by atoms with E-state index < -0.39 is 0 Å². The molecule has 5 unspecified atom stereocenters. The molecule has 5 fully saturated rings. The van der Waals surface area contributed by atoms with Crippen molar-refractivity contribution in [1.82, 2.24) is 0 Å². The molecule has 5 rings (SSSR count). The van der Waals surface area contributed by atoms with Gasteiger partial charge in [0.05, 0.1) is 12.2 Å². The van der Waals surface area contributed by atoms with E-state index >= 15 is 0 Å². The molecular weight excluding hydrogens is 392 g/mol. The van der Waals surface area contributed by atoms with Crippen molar-refractivity contribution in [2.45, 2.75) is 118 Å². The highest BCUT2D eigenvalue weighted by molar-refractivity contribution is 5.26. The summed E-state index contributed by atoms with van der Waals surface area (Å²) in [6.07, 6.45) is 13.8. The Kier molecular flexibility index (Phi) is 5.89. The fourth-order valence-corrected chi connectivity index (χ4v) is 11.2. The molecule has 2 heteroatoms. The number of ether oxygens (including phenoxy) is 1. The van der Waals surface area contributed by atoms with Gasteiger partial charge in [0.1, 0.15) is 0 Å². The van der Waals surface area contributed by atoms with Crippen molar-refractivity contribution < 1.29 is 9.84 Å². The number of hydrogen-bond acceptors (Lipinski definition) is 2. The van der Waals surface area contributed by atoms with Crippen LogP contribution in [0, 0.1) is 63.6 Å². The molecule has 32 heavy (non-hydrogen) atoms. The topological polar surface area (TPSA) is 29.5 Å². The predicted molar refractivity (Wildman–Crippen MR) is 132 cm³/mol. The summed E-state index contributed by atoms with van der Waals surface area (Å²) in [7, 11) is 2.00. The molecule has 0 saturated heterocycles. The average Bonchev–Trinajstić information content (AvgIpc) is 3.27. The van der Waals surface area contributed by atoms with Gasteiger partial charge in [0.2, 0.25) is 0 Å². The second-order valence-electron chi connectivity index (χ2n) is 14.0. The number of hydrogen-bond donors (Lipinski definition) is 1. The van der Waals surface area contributed by atoms with Gasteiger partial charge in [-0.2, -0.15) is 0 Å². The van der Waals surface area contributed by atoms with Gasteiger partial charge in [-0.1, -0.05) is 48.0 Å². The Morgan fingerprint density at radius 3 is 2.38 bits per heavy atom. The van der Waals surface area contributed by atoms with Gasteiger partial charge in [-0.25, -0.2) is 0 Å². The Balaban J connectivity index is 1.36. The molecule has 5 aliphatic carbocycles. The van der Waals surface area contributed by atoms with Crippen LogP contribution in [-0.2, 0) is 4.74 Å². The molecule has 2 nitrogen and oxygen atoms in total. The lowest BCUT2D eigenvalue weighted by molar-refractivity contribution is -0.162. The zero-order chi connectivity index (χ0) is 23.1. The number of rotatable bonds is 7. The van der Waals surface area contributed by atoms with Crippen LogP contribution >= 0.6 is 0 Å². The van der Waals surface area contributed by atoms with Crippen LogP contribution in [-0.4, -0.2) is 24.4 Å². The van der Waals surface area contributed by atoms with Gasteiger partial charge in [0.25, 0.3) is 0 Å². The van der Waals surface area contributed by atoms with Gasteiger partial charge in [-0.3, -0.25) is 0 Å². The van der Waals surface area contributed by atoms with E-state index in [0.29, 0.717) is 46.0 Å². The Morgan fingerprint density at radius 1 is 1.00 bits per heavy atom. The molecule has 0 aliphatic heterocycles. The van der Waals surface area contributed by atoms with Crippen molar-refractivity contribution in [2.75, 3.05) is 7.11 Å². The minimum atomic E-state index is -0.137. The van der Waals surface area contributed by atoms with Crippen LogP contribution in [0.3, 0.4) is 0 Å². The standard InChI is InChI=1S/C30H52O2/c1-8-20(18(2)3)15-26(31)19(4)23-9-10-24-22-16-27(32-7)30-17-21(30)11-14-29(30,6)25(22)12-13-28(23,24)5/h18-27,31H,8-17H2,1-7H3/t19-,20+,21+,22?,23?,24?,25?,26+,27+,28+,29+,30?/m0/s1. The highest BCUT2D eigenvalue weighted by Gasteiger charge is 2.77. The number of aliphatic hydroxyl groups excluding tert-OH is 1. The van der Waals surface area contributed by atoms with Gasteiger partial charge >= 0.3 is 0 Å². The van der Waals surface area contributed by atoms with E-state index in [2.05, 4.69) is 41.5 Å². The minimum absolute atomic E-state index is 0.137. The minimum Gasteiger partial charge on any atom is -0.393 e. The predicted octanol–water partition coefficient (Wildman–Crippen LogP) is 7.34. The molecule has 1 N–H and O–H groups in total. The summed E-state index contributed by atoms with van der Waals surface area (Å²) < 4.78 is 6.30. The van der Waals surface area contributed by atoms with Crippen LogP contribution in [0.5, 0.6) is 0 Å². The van der Waals surface area contributed by atoms with E-state index in [4.69, 9.17) is 4.74 Å². The van der Waals surface area contributed by atoms with Crippen molar-refractivity contribution in [3.05, 3.63) is 0 Å². The molecule has 0 aromatic carbocycles. The lowest BCUT2D eigenvalue weighted by Gasteiger charge is -2.61. The van der Waals surface area contributed by atoms with Gasteiger partial charge in [-0.15, -0.1) is 0 Å². The van der Waals surface area contributed by atoms with Crippen molar-refractivity contribution in [1.29, 1.82) is 0 Å². The Hall–Kier alpha value is -0.0800. The summed E-state index contributed by atoms with van der Waals surface area (Å²) >= 11 is 0. The third-order valence-electron chi connectivity index (χ3n) is 13.2. The molecule has 0 radical (unpaired) electrons. The molecule has 0 heterocycles. The van der Waals surface area contributed by atoms with Crippen LogP contribution in [0.4, 0.5) is 0 Å². The van der Waals surface area contributed by atoms with Crippen molar-refractivity contribution in [2.24, 2.45) is 63.6 Å². The zero-order valence-electron chi connectivity index (χ0n) is 22.2. The van der Waals surface area contributed by atoms with Gasteiger partial charge in [0, 0.05) is 12.5 Å². The fourth-order valence-electron chi connectivity index (χ4n) is 11.2. The second-order valence-corrected chi connectivity index (χ2v) is 14.0. The first-order valence-electron chi connectivity index (χ1n) is 14.3. The molecule has 5 aliphatic rings. The summed E-state index contributed by atoms with van der Waals surface area (Å²) in [4.78, 5) is 0. The average molecular weight is 445 g/mol. The van der Waals surface area contributed by atoms with E-state index in [9.17, 15) is 5.11 Å². The Labute approximate surface area is 198 Å². The first-order valence-corrected chi connectivity index (χ1v) is 14.3. The first-order chi connectivity index (χ1) is 15.1. The van der Waals surface area contributed by atoms with Gasteiger partial charge < -0.3 is 9.84 Å². The van der Waals surface area contributed by atoms with Crippen LogP contribution in [0.2, 0.25) is 0 Å². The summed E-state index contributed by atoms with van der Waals surface area (Å²) in [6, 6.07) is 0. The van der Waals surface area contributed by atoms with Crippen LogP contribution in [0.1, 0.15) is 106 Å². The summed E-state index contributed by atoms with van der Waals surface area (Å²) in [5.74, 6) is 6.02. The molecule has 0 aromatic heterocycles. The molecule has 0 aromatic rings. The molecule has 0 bridgehead atoms. The maximum atomic E-state index is 11.3. The van der Waals surface area contributed by atoms with Crippen molar-refractivity contribution >= 4 is 0 Å². The largest absolute Gasteiger partial charge is 0.393 e. The van der Waals surface area contributed by atoms with Crippen molar-refractivity contribution in [3.8, 4) is 0 Å². The summed E-state index contributed by atoms with van der Waals surface area (Å²) in [5.41, 5.74) is 1.48. The third kappa shape index (κ3) is 3.03. The quantitative estimate of drug-likeness (QED) is 0.445. The van der Waals surface area contributed by atoms with Gasteiger partial charge in [-0.05, 0) is 116 Å². The van der Waals surface area contributed by atoms with Crippen LogP contribution in [0.15, 0.2) is 0 Å². The molecule has 1 spiro atoms. The maximum absolute atomic E-state index is 11.3. The van der Waals surface area contributed by atoms with E-state index in [1.54, 1.807) is 0 Å². The lowest BCUT2D eigenvalue weighted by Crippen LogP contribution is -2.57. The Bertz CT molecular complexity index is 703. The normalized spacial score (nSPS) is 52.0. The molecule has 5 saturated carbocycles. The molecule has 0 amide bonds. The van der Waals surface area contributed by atoms with E-state index in [1.807, 2.05) is 7.11 Å². The van der Waals surface area contributed by atoms with Gasteiger partial charge in [0.15, 0.2) is 0 Å². The number of aliphatic hydroxyl groups is 1. The number of fused-ring (bicyclic) bond motifs is 4. The van der Waals surface area contributed by atoms with E-state index in [-0.39, 0.29) is 6.10 Å². The first kappa shape index (κ1) is 23.7. The molecule has 12 atom stereocenters. The maximum Gasteiger partial charge on any atom is 0.0638 e. The number of methoxy groups -OCH3 is 1. The highest BCUT2D eigenvalue weighted by atomic mass is 16.5. The van der Waals surface area contributed by atoms with Crippen molar-refractivity contribution in [3.63, 3.8) is 0 Å². The SMILES string of the molecule is CC[C@H](C[C@@H](O)[C@@H](C)C1CCC2C3C[C@@H](OC)C45C[C@H]4CC[C@]5(C)C3CC[C@@]21C)C(C)C. The highest BCUT2D eigenvalue weighted by Crippen LogP contribution is 2.82. The van der Waals surface area contributed by atoms with E-state index in [0.717, 1.165) is 30.1 Å². The smallest absolute Gasteiger partial charge is 0.0638 e. The van der Waals surface area contributed by atoms with Crippen LogP contribution in [0.25, 0.3) is 0 Å². The monoisotopic (exact) mass is 444 g/mol. The molecule has 184 valence electrons.